The molecule has 1 unspecified atom stereocenters. The van der Waals surface area contributed by atoms with E-state index in [0.717, 1.165) is 10.7 Å². The van der Waals surface area contributed by atoms with Crippen molar-refractivity contribution in [2.24, 2.45) is 0 Å². The molecule has 1 amide bonds. The number of carbonyl (C=O) groups excluding carboxylic acids is 1. The van der Waals surface area contributed by atoms with E-state index in [4.69, 9.17) is 9.47 Å². The monoisotopic (exact) mass is 290 g/mol. The summed E-state index contributed by atoms with van der Waals surface area (Å²) in [5, 5.41) is 5.66. The van der Waals surface area contributed by atoms with Gasteiger partial charge in [0.25, 0.3) is 5.91 Å². The van der Waals surface area contributed by atoms with Crippen molar-refractivity contribution in [3.63, 3.8) is 0 Å². The molecule has 2 aromatic rings. The SMILES string of the molecule is Cc1csc(CNC(=O)C2COc3ccccc3O2)n1. The highest BCUT2D eigenvalue weighted by atomic mass is 32.1. The number of amides is 1. The summed E-state index contributed by atoms with van der Waals surface area (Å²) in [5.74, 6) is 1.09. The first-order chi connectivity index (χ1) is 9.72. The zero-order valence-corrected chi connectivity index (χ0v) is 11.8. The Kier molecular flexibility index (Phi) is 3.56. The molecule has 0 spiro atoms. The van der Waals surface area contributed by atoms with Crippen LogP contribution in [0, 0.1) is 6.92 Å². The van der Waals surface area contributed by atoms with E-state index in [2.05, 4.69) is 10.3 Å². The summed E-state index contributed by atoms with van der Waals surface area (Å²) >= 11 is 1.53. The minimum atomic E-state index is -0.619. The highest BCUT2D eigenvalue weighted by Crippen LogP contribution is 2.30. The largest absolute Gasteiger partial charge is 0.485 e. The van der Waals surface area contributed by atoms with E-state index in [-0.39, 0.29) is 12.5 Å². The fraction of sp³-hybridized carbons (Fsp3) is 0.286. The highest BCUT2D eigenvalue weighted by molar-refractivity contribution is 7.09. The smallest absolute Gasteiger partial charge is 0.265 e. The van der Waals surface area contributed by atoms with Gasteiger partial charge in [0.15, 0.2) is 11.5 Å². The van der Waals surface area contributed by atoms with Crippen molar-refractivity contribution >= 4 is 17.2 Å². The third-order valence-corrected chi connectivity index (χ3v) is 3.85. The molecular weight excluding hydrogens is 276 g/mol. The number of thiazole rings is 1. The summed E-state index contributed by atoms with van der Waals surface area (Å²) in [6.45, 7) is 2.56. The number of aryl methyl sites for hydroxylation is 1. The van der Waals surface area contributed by atoms with Gasteiger partial charge in [-0.15, -0.1) is 11.3 Å². The summed E-state index contributed by atoms with van der Waals surface area (Å²) in [4.78, 5) is 16.3. The van der Waals surface area contributed by atoms with Crippen molar-refractivity contribution in [2.45, 2.75) is 19.6 Å². The van der Waals surface area contributed by atoms with E-state index in [1.807, 2.05) is 30.5 Å². The van der Waals surface area contributed by atoms with E-state index in [9.17, 15) is 4.79 Å². The minimum absolute atomic E-state index is 0.188. The molecule has 0 saturated heterocycles. The lowest BCUT2D eigenvalue weighted by atomic mass is 10.2. The zero-order valence-electron chi connectivity index (χ0n) is 11.0. The molecular formula is C14H14N2O3S. The Morgan fingerprint density at radius 2 is 2.25 bits per heavy atom. The molecule has 1 aromatic carbocycles. The van der Waals surface area contributed by atoms with Gasteiger partial charge >= 0.3 is 0 Å². The first kappa shape index (κ1) is 12.9. The van der Waals surface area contributed by atoms with Gasteiger partial charge in [0, 0.05) is 11.1 Å². The van der Waals surface area contributed by atoms with Gasteiger partial charge in [-0.3, -0.25) is 4.79 Å². The van der Waals surface area contributed by atoms with E-state index < -0.39 is 6.10 Å². The predicted molar refractivity (Wildman–Crippen MR) is 75.1 cm³/mol. The molecule has 2 heterocycles. The second kappa shape index (κ2) is 5.50. The maximum atomic E-state index is 12.0. The summed E-state index contributed by atoms with van der Waals surface area (Å²) in [7, 11) is 0. The van der Waals surface area contributed by atoms with Crippen molar-refractivity contribution in [3.8, 4) is 11.5 Å². The van der Waals surface area contributed by atoms with Crippen LogP contribution >= 0.6 is 11.3 Å². The third kappa shape index (κ3) is 2.75. The molecule has 0 bridgehead atoms. The Balaban J connectivity index is 1.59. The quantitative estimate of drug-likeness (QED) is 0.938. The zero-order chi connectivity index (χ0) is 13.9. The average Bonchev–Trinajstić information content (AvgIpc) is 2.90. The van der Waals surface area contributed by atoms with Gasteiger partial charge < -0.3 is 14.8 Å². The van der Waals surface area contributed by atoms with Crippen molar-refractivity contribution in [2.75, 3.05) is 6.61 Å². The first-order valence-electron chi connectivity index (χ1n) is 6.29. The van der Waals surface area contributed by atoms with Gasteiger partial charge in [0.2, 0.25) is 6.10 Å². The Morgan fingerprint density at radius 3 is 3.00 bits per heavy atom. The van der Waals surface area contributed by atoms with E-state index in [0.29, 0.717) is 18.0 Å². The van der Waals surface area contributed by atoms with E-state index in [1.54, 1.807) is 6.07 Å². The molecule has 6 heteroatoms. The molecule has 1 N–H and O–H groups in total. The number of rotatable bonds is 3. The lowest BCUT2D eigenvalue weighted by Crippen LogP contribution is -2.43. The topological polar surface area (TPSA) is 60.5 Å². The maximum absolute atomic E-state index is 12.0. The Bertz CT molecular complexity index is 626. The molecule has 104 valence electrons. The number of hydrogen-bond donors (Lipinski definition) is 1. The van der Waals surface area contributed by atoms with Crippen LogP contribution in [0.5, 0.6) is 11.5 Å². The number of carbonyl (C=O) groups is 1. The normalized spacial score (nSPS) is 16.8. The number of benzene rings is 1. The van der Waals surface area contributed by atoms with Crippen LogP contribution in [0.2, 0.25) is 0 Å². The fourth-order valence-corrected chi connectivity index (χ4v) is 2.62. The second-order valence-electron chi connectivity index (χ2n) is 4.46. The van der Waals surface area contributed by atoms with Gasteiger partial charge in [0.05, 0.1) is 6.54 Å². The van der Waals surface area contributed by atoms with Crippen molar-refractivity contribution in [1.29, 1.82) is 0 Å². The second-order valence-corrected chi connectivity index (χ2v) is 5.41. The van der Waals surface area contributed by atoms with E-state index >= 15 is 0 Å². The number of fused-ring (bicyclic) bond motifs is 1. The highest BCUT2D eigenvalue weighted by Gasteiger charge is 2.27. The van der Waals surface area contributed by atoms with Crippen LogP contribution < -0.4 is 14.8 Å². The summed E-state index contributed by atoms with van der Waals surface area (Å²) < 4.78 is 11.1. The van der Waals surface area contributed by atoms with Gasteiger partial charge in [-0.2, -0.15) is 0 Å². The Morgan fingerprint density at radius 1 is 1.45 bits per heavy atom. The summed E-state index contributed by atoms with van der Waals surface area (Å²) in [6, 6.07) is 7.33. The average molecular weight is 290 g/mol. The lowest BCUT2D eigenvalue weighted by Gasteiger charge is -2.25. The third-order valence-electron chi connectivity index (χ3n) is 2.88. The standard InChI is InChI=1S/C14H14N2O3S/c1-9-8-20-13(16-9)6-15-14(17)12-7-18-10-4-2-3-5-11(10)19-12/h2-5,8,12H,6-7H2,1H3,(H,15,17). The molecule has 0 radical (unpaired) electrons. The molecule has 1 atom stereocenters. The molecule has 1 aliphatic rings. The first-order valence-corrected chi connectivity index (χ1v) is 7.17. The lowest BCUT2D eigenvalue weighted by molar-refractivity contribution is -0.130. The van der Waals surface area contributed by atoms with Crippen LogP contribution in [0.3, 0.4) is 0 Å². The number of ether oxygens (including phenoxy) is 2. The Labute approximate surface area is 120 Å². The van der Waals surface area contributed by atoms with Crippen LogP contribution in [0.1, 0.15) is 10.7 Å². The van der Waals surface area contributed by atoms with Crippen molar-refractivity contribution < 1.29 is 14.3 Å². The van der Waals surface area contributed by atoms with Gasteiger partial charge in [-0.25, -0.2) is 4.98 Å². The molecule has 1 aromatic heterocycles. The predicted octanol–water partition coefficient (Wildman–Crippen LogP) is 1.91. The molecule has 3 rings (SSSR count). The van der Waals surface area contributed by atoms with Gasteiger partial charge in [-0.1, -0.05) is 12.1 Å². The van der Waals surface area contributed by atoms with Gasteiger partial charge in [0.1, 0.15) is 11.6 Å². The van der Waals surface area contributed by atoms with Crippen LogP contribution in [0.15, 0.2) is 29.6 Å². The fourth-order valence-electron chi connectivity index (χ4n) is 1.91. The molecule has 0 aliphatic carbocycles. The number of nitrogens with zero attached hydrogens (tertiary/aromatic N) is 1. The molecule has 20 heavy (non-hydrogen) atoms. The molecule has 0 fully saturated rings. The Hall–Kier alpha value is -2.08. The number of nitrogens with one attached hydrogen (secondary N) is 1. The maximum Gasteiger partial charge on any atom is 0.265 e. The molecule has 5 nitrogen and oxygen atoms in total. The van der Waals surface area contributed by atoms with Crippen LogP contribution in [0.4, 0.5) is 0 Å². The summed E-state index contributed by atoms with van der Waals surface area (Å²) in [6.07, 6.45) is -0.619. The van der Waals surface area contributed by atoms with Crippen molar-refractivity contribution in [3.05, 3.63) is 40.3 Å². The van der Waals surface area contributed by atoms with Crippen LogP contribution in [-0.4, -0.2) is 23.6 Å². The van der Waals surface area contributed by atoms with Crippen LogP contribution in [0.25, 0.3) is 0 Å². The number of para-hydroxylation sites is 2. The molecule has 1 aliphatic heterocycles. The van der Waals surface area contributed by atoms with Gasteiger partial charge in [-0.05, 0) is 19.1 Å². The van der Waals surface area contributed by atoms with Crippen LogP contribution in [-0.2, 0) is 11.3 Å². The molecule has 0 saturated carbocycles. The van der Waals surface area contributed by atoms with Crippen molar-refractivity contribution in [1.82, 2.24) is 10.3 Å². The minimum Gasteiger partial charge on any atom is -0.485 e. The number of hydrogen-bond acceptors (Lipinski definition) is 5. The summed E-state index contributed by atoms with van der Waals surface area (Å²) in [5.41, 5.74) is 0.963. The number of aromatic nitrogens is 1. The van der Waals surface area contributed by atoms with E-state index in [1.165, 1.54) is 11.3 Å².